The van der Waals surface area contributed by atoms with Crippen molar-refractivity contribution in [3.05, 3.63) is 35.6 Å². The summed E-state index contributed by atoms with van der Waals surface area (Å²) in [4.78, 5) is 27.9. The lowest BCUT2D eigenvalue weighted by Crippen LogP contribution is -2.38. The number of halogens is 1. The molecular weight excluding hydrogens is 285 g/mol. The van der Waals surface area contributed by atoms with Gasteiger partial charge >= 0.3 is 0 Å². The van der Waals surface area contributed by atoms with Gasteiger partial charge in [0.15, 0.2) is 0 Å². The monoisotopic (exact) mass is 307 g/mol. The Morgan fingerprint density at radius 3 is 2.64 bits per heavy atom. The summed E-state index contributed by atoms with van der Waals surface area (Å²) in [6.45, 7) is 2.92. The van der Waals surface area contributed by atoms with E-state index in [1.807, 2.05) is 7.05 Å². The molecule has 1 aliphatic rings. The van der Waals surface area contributed by atoms with Crippen LogP contribution in [0.15, 0.2) is 24.3 Å². The van der Waals surface area contributed by atoms with Crippen molar-refractivity contribution in [2.45, 2.75) is 12.8 Å². The average Bonchev–Trinajstić information content (AvgIpc) is 2.78. The van der Waals surface area contributed by atoms with Crippen LogP contribution < -0.4 is 5.32 Å². The lowest BCUT2D eigenvalue weighted by atomic mass is 10.2. The third-order valence-electron chi connectivity index (χ3n) is 3.80. The van der Waals surface area contributed by atoms with Crippen LogP contribution >= 0.6 is 0 Å². The Kier molecular flexibility index (Phi) is 5.89. The molecule has 1 N–H and O–H groups in total. The minimum absolute atomic E-state index is 0.106. The molecule has 1 aromatic carbocycles. The van der Waals surface area contributed by atoms with E-state index in [-0.39, 0.29) is 11.8 Å². The zero-order valence-electron chi connectivity index (χ0n) is 12.8. The van der Waals surface area contributed by atoms with Crippen LogP contribution in [0.5, 0.6) is 0 Å². The standard InChI is InChI=1S/C16H22FN3O2/c1-18-7-6-15(21)19-8-3-9-20(11-10-19)16(22)13-4-2-5-14(17)12-13/h2,4-5,12,18H,3,6-11H2,1H3. The highest BCUT2D eigenvalue weighted by atomic mass is 19.1. The molecule has 0 aliphatic carbocycles. The average molecular weight is 307 g/mol. The molecule has 0 atom stereocenters. The maximum absolute atomic E-state index is 13.2. The minimum Gasteiger partial charge on any atom is -0.341 e. The Labute approximate surface area is 130 Å². The van der Waals surface area contributed by atoms with Gasteiger partial charge in [-0.05, 0) is 31.7 Å². The van der Waals surface area contributed by atoms with Gasteiger partial charge < -0.3 is 15.1 Å². The van der Waals surface area contributed by atoms with E-state index in [2.05, 4.69) is 5.32 Å². The van der Waals surface area contributed by atoms with E-state index in [9.17, 15) is 14.0 Å². The number of rotatable bonds is 4. The van der Waals surface area contributed by atoms with Gasteiger partial charge in [-0.1, -0.05) is 6.07 Å². The van der Waals surface area contributed by atoms with Gasteiger partial charge in [0.25, 0.3) is 5.91 Å². The Bertz CT molecular complexity index is 536. The van der Waals surface area contributed by atoms with Crippen LogP contribution in [0.2, 0.25) is 0 Å². The van der Waals surface area contributed by atoms with Crippen molar-refractivity contribution in [3.63, 3.8) is 0 Å². The van der Waals surface area contributed by atoms with Gasteiger partial charge in [-0.25, -0.2) is 4.39 Å². The first-order valence-electron chi connectivity index (χ1n) is 7.59. The molecule has 0 spiro atoms. The van der Waals surface area contributed by atoms with Crippen LogP contribution in [-0.4, -0.2) is 61.4 Å². The van der Waals surface area contributed by atoms with E-state index >= 15 is 0 Å². The number of hydrogen-bond donors (Lipinski definition) is 1. The third-order valence-corrected chi connectivity index (χ3v) is 3.80. The number of benzene rings is 1. The van der Waals surface area contributed by atoms with Gasteiger partial charge in [0, 0.05) is 44.7 Å². The first-order valence-corrected chi connectivity index (χ1v) is 7.59. The van der Waals surface area contributed by atoms with E-state index in [0.29, 0.717) is 44.7 Å². The second kappa shape index (κ2) is 7.89. The molecule has 1 saturated heterocycles. The van der Waals surface area contributed by atoms with Crippen molar-refractivity contribution in [3.8, 4) is 0 Å². The van der Waals surface area contributed by atoms with Crippen LogP contribution in [0.4, 0.5) is 4.39 Å². The van der Waals surface area contributed by atoms with Gasteiger partial charge in [-0.3, -0.25) is 9.59 Å². The predicted molar refractivity (Wildman–Crippen MR) is 82.0 cm³/mol. The molecule has 0 radical (unpaired) electrons. The Balaban J connectivity index is 1.95. The lowest BCUT2D eigenvalue weighted by Gasteiger charge is -2.22. The number of amides is 2. The SMILES string of the molecule is CNCCC(=O)N1CCCN(C(=O)c2cccc(F)c2)CC1. The van der Waals surface area contributed by atoms with Gasteiger partial charge in [0.2, 0.25) is 5.91 Å². The van der Waals surface area contributed by atoms with Crippen LogP contribution in [-0.2, 0) is 4.79 Å². The number of carbonyl (C=O) groups excluding carboxylic acids is 2. The third kappa shape index (κ3) is 4.27. The second-order valence-electron chi connectivity index (χ2n) is 5.39. The molecule has 2 amide bonds. The van der Waals surface area contributed by atoms with E-state index in [1.165, 1.54) is 18.2 Å². The highest BCUT2D eigenvalue weighted by Gasteiger charge is 2.22. The zero-order chi connectivity index (χ0) is 15.9. The quantitative estimate of drug-likeness (QED) is 0.906. The largest absolute Gasteiger partial charge is 0.341 e. The van der Waals surface area contributed by atoms with Crippen molar-refractivity contribution < 1.29 is 14.0 Å². The maximum atomic E-state index is 13.2. The number of hydrogen-bond acceptors (Lipinski definition) is 3. The molecule has 0 bridgehead atoms. The van der Waals surface area contributed by atoms with E-state index in [0.717, 1.165) is 6.42 Å². The molecule has 5 nitrogen and oxygen atoms in total. The topological polar surface area (TPSA) is 52.7 Å². The minimum atomic E-state index is -0.412. The fraction of sp³-hybridized carbons (Fsp3) is 0.500. The van der Waals surface area contributed by atoms with E-state index in [4.69, 9.17) is 0 Å². The van der Waals surface area contributed by atoms with E-state index in [1.54, 1.807) is 15.9 Å². The summed E-state index contributed by atoms with van der Waals surface area (Å²) < 4.78 is 13.2. The summed E-state index contributed by atoms with van der Waals surface area (Å²) in [5.41, 5.74) is 0.356. The molecule has 1 aromatic rings. The first kappa shape index (κ1) is 16.4. The second-order valence-corrected chi connectivity index (χ2v) is 5.39. The molecule has 1 heterocycles. The first-order chi connectivity index (χ1) is 10.6. The smallest absolute Gasteiger partial charge is 0.254 e. The summed E-state index contributed by atoms with van der Waals surface area (Å²) in [6, 6.07) is 5.73. The van der Waals surface area contributed by atoms with Gasteiger partial charge in [0.05, 0.1) is 0 Å². The molecule has 0 saturated carbocycles. The molecule has 6 heteroatoms. The number of carbonyl (C=O) groups is 2. The summed E-state index contributed by atoms with van der Waals surface area (Å²) in [5.74, 6) is -0.483. The van der Waals surface area contributed by atoms with Crippen LogP contribution in [0.1, 0.15) is 23.2 Å². The summed E-state index contributed by atoms with van der Waals surface area (Å²) in [6.07, 6.45) is 1.21. The highest BCUT2D eigenvalue weighted by molar-refractivity contribution is 5.94. The van der Waals surface area contributed by atoms with Gasteiger partial charge in [0.1, 0.15) is 5.82 Å². The fourth-order valence-electron chi connectivity index (χ4n) is 2.56. The molecular formula is C16H22FN3O2. The Morgan fingerprint density at radius 2 is 1.91 bits per heavy atom. The molecule has 0 unspecified atom stereocenters. The normalized spacial score (nSPS) is 15.5. The zero-order valence-corrected chi connectivity index (χ0v) is 12.8. The fourth-order valence-corrected chi connectivity index (χ4v) is 2.56. The van der Waals surface area contributed by atoms with Crippen molar-refractivity contribution in [2.24, 2.45) is 0 Å². The van der Waals surface area contributed by atoms with Crippen LogP contribution in [0.25, 0.3) is 0 Å². The summed E-state index contributed by atoms with van der Waals surface area (Å²) >= 11 is 0. The Hall–Kier alpha value is -1.95. The predicted octanol–water partition coefficient (Wildman–Crippen LogP) is 1.11. The van der Waals surface area contributed by atoms with Crippen molar-refractivity contribution in [2.75, 3.05) is 39.8 Å². The molecule has 1 aliphatic heterocycles. The number of nitrogens with one attached hydrogen (secondary N) is 1. The van der Waals surface area contributed by atoms with Crippen molar-refractivity contribution >= 4 is 11.8 Å². The van der Waals surface area contributed by atoms with Gasteiger partial charge in [-0.15, -0.1) is 0 Å². The Morgan fingerprint density at radius 1 is 1.18 bits per heavy atom. The molecule has 2 rings (SSSR count). The molecule has 22 heavy (non-hydrogen) atoms. The molecule has 120 valence electrons. The summed E-state index contributed by atoms with van der Waals surface area (Å²) in [7, 11) is 1.81. The highest BCUT2D eigenvalue weighted by Crippen LogP contribution is 2.11. The van der Waals surface area contributed by atoms with Crippen molar-refractivity contribution in [1.29, 1.82) is 0 Å². The maximum Gasteiger partial charge on any atom is 0.254 e. The summed E-state index contributed by atoms with van der Waals surface area (Å²) in [5, 5.41) is 2.96. The lowest BCUT2D eigenvalue weighted by molar-refractivity contribution is -0.130. The van der Waals surface area contributed by atoms with Crippen molar-refractivity contribution in [1.82, 2.24) is 15.1 Å². The van der Waals surface area contributed by atoms with Crippen LogP contribution in [0, 0.1) is 5.82 Å². The molecule has 1 fully saturated rings. The van der Waals surface area contributed by atoms with E-state index < -0.39 is 5.82 Å². The number of nitrogens with zero attached hydrogens (tertiary/aromatic N) is 2. The van der Waals surface area contributed by atoms with Gasteiger partial charge in [-0.2, -0.15) is 0 Å². The van der Waals surface area contributed by atoms with Crippen LogP contribution in [0.3, 0.4) is 0 Å². The molecule has 0 aromatic heterocycles.